The van der Waals surface area contributed by atoms with Gasteiger partial charge >= 0.3 is 0 Å². The van der Waals surface area contributed by atoms with Gasteiger partial charge in [0.05, 0.1) is 0 Å². The van der Waals surface area contributed by atoms with E-state index < -0.39 is 0 Å². The minimum absolute atomic E-state index is 0.126. The van der Waals surface area contributed by atoms with Gasteiger partial charge in [-0.05, 0) is 61.7 Å². The quantitative estimate of drug-likeness (QED) is 0.815. The second-order valence-corrected chi connectivity index (χ2v) is 6.95. The highest BCUT2D eigenvalue weighted by molar-refractivity contribution is 6.30. The van der Waals surface area contributed by atoms with Crippen molar-refractivity contribution in [2.24, 2.45) is 0 Å². The number of nitrogens with zero attached hydrogens (tertiary/aromatic N) is 2. The van der Waals surface area contributed by atoms with Crippen LogP contribution in [-0.2, 0) is 0 Å². The topological polar surface area (TPSA) is 23.6 Å². The molecule has 0 atom stereocenters. The summed E-state index contributed by atoms with van der Waals surface area (Å²) in [4.78, 5) is 17.0. The lowest BCUT2D eigenvalue weighted by Gasteiger charge is -2.37. The molecular weight excluding hydrogens is 320 g/mol. The van der Waals surface area contributed by atoms with Crippen molar-refractivity contribution in [1.29, 1.82) is 0 Å². The summed E-state index contributed by atoms with van der Waals surface area (Å²) in [6.07, 6.45) is 0. The number of amides is 1. The Bertz CT molecular complexity index is 764. The first kappa shape index (κ1) is 16.8. The maximum atomic E-state index is 12.7. The van der Waals surface area contributed by atoms with Crippen LogP contribution in [0.3, 0.4) is 0 Å². The number of hydrogen-bond acceptors (Lipinski definition) is 2. The summed E-state index contributed by atoms with van der Waals surface area (Å²) in [6.45, 7) is 9.34. The summed E-state index contributed by atoms with van der Waals surface area (Å²) in [5.74, 6) is 0.126. The van der Waals surface area contributed by atoms with E-state index in [0.29, 0.717) is 0 Å². The molecule has 0 radical (unpaired) electrons. The van der Waals surface area contributed by atoms with Crippen LogP contribution in [0.15, 0.2) is 36.4 Å². The van der Waals surface area contributed by atoms with E-state index >= 15 is 0 Å². The van der Waals surface area contributed by atoms with Crippen LogP contribution < -0.4 is 4.90 Å². The van der Waals surface area contributed by atoms with E-state index in [-0.39, 0.29) is 5.91 Å². The molecule has 2 aromatic rings. The lowest BCUT2D eigenvalue weighted by Crippen LogP contribution is -2.49. The zero-order chi connectivity index (χ0) is 17.3. The van der Waals surface area contributed by atoms with Crippen LogP contribution in [-0.4, -0.2) is 37.0 Å². The summed E-state index contributed by atoms with van der Waals surface area (Å²) in [5, 5.41) is 0.754. The predicted octanol–water partition coefficient (Wildman–Crippen LogP) is 4.23. The van der Waals surface area contributed by atoms with Crippen molar-refractivity contribution >= 4 is 23.2 Å². The van der Waals surface area contributed by atoms with Gasteiger partial charge in [0.1, 0.15) is 0 Å². The molecule has 1 aliphatic heterocycles. The fourth-order valence-corrected chi connectivity index (χ4v) is 3.30. The summed E-state index contributed by atoms with van der Waals surface area (Å²) in [7, 11) is 0. The van der Waals surface area contributed by atoms with Crippen LogP contribution in [0.4, 0.5) is 5.69 Å². The number of anilines is 1. The van der Waals surface area contributed by atoms with Crippen molar-refractivity contribution in [3.8, 4) is 0 Å². The summed E-state index contributed by atoms with van der Waals surface area (Å²) >= 11 is 6.13. The smallest absolute Gasteiger partial charge is 0.253 e. The maximum absolute atomic E-state index is 12.7. The molecule has 1 amide bonds. The molecule has 24 heavy (non-hydrogen) atoms. The molecule has 0 spiro atoms. The van der Waals surface area contributed by atoms with Gasteiger partial charge < -0.3 is 9.80 Å². The van der Waals surface area contributed by atoms with E-state index in [1.807, 2.05) is 48.2 Å². The van der Waals surface area contributed by atoms with Crippen LogP contribution in [0, 0.1) is 20.8 Å². The highest BCUT2D eigenvalue weighted by atomic mass is 35.5. The fraction of sp³-hybridized carbons (Fsp3) is 0.350. The second-order valence-electron chi connectivity index (χ2n) is 6.51. The van der Waals surface area contributed by atoms with Gasteiger partial charge in [0, 0.05) is 42.5 Å². The lowest BCUT2D eigenvalue weighted by atomic mass is 10.1. The average molecular weight is 343 g/mol. The standard InChI is InChI=1S/C20H23ClN2O/c1-14-4-6-17(12-16(14)3)20(24)23-10-8-22(9-11-23)19-13-18(21)7-5-15(19)2/h4-7,12-13H,8-11H2,1-3H3. The van der Waals surface area contributed by atoms with Crippen LogP contribution in [0.5, 0.6) is 0 Å². The predicted molar refractivity (Wildman–Crippen MR) is 100 cm³/mol. The number of hydrogen-bond donors (Lipinski definition) is 0. The van der Waals surface area contributed by atoms with E-state index in [4.69, 9.17) is 11.6 Å². The van der Waals surface area contributed by atoms with E-state index in [2.05, 4.69) is 18.7 Å². The first-order valence-electron chi connectivity index (χ1n) is 8.33. The molecule has 3 nitrogen and oxygen atoms in total. The summed E-state index contributed by atoms with van der Waals surface area (Å²) in [6, 6.07) is 11.9. The number of piperazine rings is 1. The largest absolute Gasteiger partial charge is 0.368 e. The second kappa shape index (κ2) is 6.86. The molecule has 0 unspecified atom stereocenters. The Morgan fingerprint density at radius 1 is 0.875 bits per heavy atom. The molecule has 1 saturated heterocycles. The Morgan fingerprint density at radius 3 is 2.21 bits per heavy atom. The number of halogens is 1. The van der Waals surface area contributed by atoms with Crippen molar-refractivity contribution in [3.63, 3.8) is 0 Å². The van der Waals surface area contributed by atoms with E-state index in [1.54, 1.807) is 0 Å². The number of carbonyl (C=O) groups excluding carboxylic acids is 1. The van der Waals surface area contributed by atoms with E-state index in [9.17, 15) is 4.79 Å². The van der Waals surface area contributed by atoms with Crippen molar-refractivity contribution in [2.75, 3.05) is 31.1 Å². The normalized spacial score (nSPS) is 14.8. The highest BCUT2D eigenvalue weighted by Gasteiger charge is 2.23. The Balaban J connectivity index is 1.69. The molecule has 3 rings (SSSR count). The third-order valence-electron chi connectivity index (χ3n) is 4.83. The monoisotopic (exact) mass is 342 g/mol. The molecular formula is C20H23ClN2O. The number of carbonyl (C=O) groups is 1. The Hall–Kier alpha value is -2.00. The van der Waals surface area contributed by atoms with E-state index in [1.165, 1.54) is 16.8 Å². The van der Waals surface area contributed by atoms with Crippen molar-refractivity contribution in [1.82, 2.24) is 4.90 Å². The summed E-state index contributed by atoms with van der Waals surface area (Å²) < 4.78 is 0. The molecule has 2 aromatic carbocycles. The molecule has 0 aromatic heterocycles. The number of aryl methyl sites for hydroxylation is 3. The molecule has 4 heteroatoms. The third-order valence-corrected chi connectivity index (χ3v) is 5.07. The van der Waals surface area contributed by atoms with Crippen molar-refractivity contribution < 1.29 is 4.79 Å². The fourth-order valence-electron chi connectivity index (χ4n) is 3.13. The van der Waals surface area contributed by atoms with Crippen molar-refractivity contribution in [3.05, 3.63) is 63.7 Å². The Kier molecular flexibility index (Phi) is 4.81. The third kappa shape index (κ3) is 3.41. The van der Waals surface area contributed by atoms with Gasteiger partial charge in [-0.15, -0.1) is 0 Å². The Morgan fingerprint density at radius 2 is 1.54 bits per heavy atom. The molecule has 1 aliphatic rings. The van der Waals surface area contributed by atoms with Crippen LogP contribution in [0.2, 0.25) is 5.02 Å². The molecule has 0 N–H and O–H groups in total. The average Bonchev–Trinajstić information content (AvgIpc) is 2.59. The van der Waals surface area contributed by atoms with Crippen molar-refractivity contribution in [2.45, 2.75) is 20.8 Å². The lowest BCUT2D eigenvalue weighted by molar-refractivity contribution is 0.0746. The SMILES string of the molecule is Cc1ccc(C(=O)N2CCN(c3cc(Cl)ccc3C)CC2)cc1C. The van der Waals surface area contributed by atoms with Gasteiger partial charge in [-0.3, -0.25) is 4.79 Å². The molecule has 0 aliphatic carbocycles. The van der Waals surface area contributed by atoms with Gasteiger partial charge in [-0.1, -0.05) is 23.7 Å². The minimum Gasteiger partial charge on any atom is -0.368 e. The number of rotatable bonds is 2. The van der Waals surface area contributed by atoms with Gasteiger partial charge in [0.2, 0.25) is 0 Å². The molecule has 1 fully saturated rings. The molecule has 0 bridgehead atoms. The first-order valence-corrected chi connectivity index (χ1v) is 8.71. The van der Waals surface area contributed by atoms with Gasteiger partial charge in [0.25, 0.3) is 5.91 Å². The molecule has 126 valence electrons. The first-order chi connectivity index (χ1) is 11.5. The van der Waals surface area contributed by atoms with Gasteiger partial charge in [-0.25, -0.2) is 0 Å². The zero-order valence-corrected chi connectivity index (χ0v) is 15.2. The highest BCUT2D eigenvalue weighted by Crippen LogP contribution is 2.25. The van der Waals surface area contributed by atoms with Crippen LogP contribution in [0.25, 0.3) is 0 Å². The summed E-state index contributed by atoms with van der Waals surface area (Å²) in [5.41, 5.74) is 5.54. The van der Waals surface area contributed by atoms with Gasteiger partial charge in [0.15, 0.2) is 0 Å². The number of benzene rings is 2. The molecule has 1 heterocycles. The van der Waals surface area contributed by atoms with E-state index in [0.717, 1.165) is 42.3 Å². The zero-order valence-electron chi connectivity index (χ0n) is 14.5. The minimum atomic E-state index is 0.126. The van der Waals surface area contributed by atoms with Gasteiger partial charge in [-0.2, -0.15) is 0 Å². The maximum Gasteiger partial charge on any atom is 0.253 e. The van der Waals surface area contributed by atoms with Crippen LogP contribution in [0.1, 0.15) is 27.0 Å². The molecule has 0 saturated carbocycles. The Labute approximate surface area is 148 Å². The van der Waals surface area contributed by atoms with Crippen LogP contribution >= 0.6 is 11.6 Å².